The second kappa shape index (κ2) is 19.5. The van der Waals surface area contributed by atoms with E-state index in [4.69, 9.17) is 17.7 Å². The van der Waals surface area contributed by atoms with E-state index in [0.717, 1.165) is 33.6 Å². The number of carbonyl (C=O) groups is 5. The highest BCUT2D eigenvalue weighted by Gasteiger charge is 2.59. The van der Waals surface area contributed by atoms with Gasteiger partial charge in [0.2, 0.25) is 29.1 Å². The second-order valence-corrected chi connectivity index (χ2v) is 21.4. The van der Waals surface area contributed by atoms with Crippen LogP contribution in [0.5, 0.6) is 0 Å². The van der Waals surface area contributed by atoms with Gasteiger partial charge in [-0.25, -0.2) is 9.69 Å². The average molecular weight is 1040 g/mol. The fourth-order valence-electron chi connectivity index (χ4n) is 12.4. The van der Waals surface area contributed by atoms with Gasteiger partial charge in [0.15, 0.2) is 11.6 Å². The Hall–Kier alpha value is -9.54. The number of amides is 3. The number of carbonyl (C=O) groups excluding carboxylic acids is 5. The first-order valence-electron chi connectivity index (χ1n) is 25.4. The lowest BCUT2D eigenvalue weighted by molar-refractivity contribution is -0.127. The minimum Gasteiger partial charge on any atom is -0.360 e. The summed E-state index contributed by atoms with van der Waals surface area (Å²) in [5, 5.41) is 22.3. The fourth-order valence-corrected chi connectivity index (χ4v) is 12.4. The van der Waals surface area contributed by atoms with Gasteiger partial charge in [0.25, 0.3) is 0 Å². The summed E-state index contributed by atoms with van der Waals surface area (Å²) in [5.41, 5.74) is 1.95. The van der Waals surface area contributed by atoms with Gasteiger partial charge in [0.05, 0.1) is 55.5 Å². The van der Waals surface area contributed by atoms with E-state index in [2.05, 4.69) is 60.5 Å². The number of benzene rings is 3. The van der Waals surface area contributed by atoms with E-state index in [-0.39, 0.29) is 46.1 Å². The highest BCUT2D eigenvalue weighted by molar-refractivity contribution is 6.15. The van der Waals surface area contributed by atoms with Crippen molar-refractivity contribution < 1.29 is 28.5 Å². The van der Waals surface area contributed by atoms with Gasteiger partial charge in [-0.05, 0) is 65.8 Å². The number of aromatic nitrogens is 5. The van der Waals surface area contributed by atoms with Gasteiger partial charge < -0.3 is 29.2 Å². The number of hydrogen-bond donors (Lipinski definition) is 1. The Morgan fingerprint density at radius 1 is 0.538 bits per heavy atom. The third-order valence-electron chi connectivity index (χ3n) is 16.1. The molecule has 1 N–H and O–H groups in total. The number of anilines is 2. The van der Waals surface area contributed by atoms with Crippen molar-refractivity contribution in [3.8, 4) is 0 Å². The van der Waals surface area contributed by atoms with Gasteiger partial charge in [0, 0.05) is 41.4 Å². The van der Waals surface area contributed by atoms with E-state index in [1.165, 1.54) is 36.9 Å². The molecule has 6 aliphatic rings. The molecular formula is C62H54N10O6. The molecule has 0 spiro atoms. The van der Waals surface area contributed by atoms with Crippen LogP contribution in [0.25, 0.3) is 9.69 Å². The highest BCUT2D eigenvalue weighted by Crippen LogP contribution is 2.55. The number of ketones is 2. The molecule has 3 aromatic carbocycles. The summed E-state index contributed by atoms with van der Waals surface area (Å²) in [6.45, 7) is 27.6. The van der Waals surface area contributed by atoms with E-state index in [1.807, 2.05) is 103 Å². The molecule has 3 atom stereocenters. The van der Waals surface area contributed by atoms with Gasteiger partial charge >= 0.3 is 0 Å². The Morgan fingerprint density at radius 3 is 1.41 bits per heavy atom. The molecule has 16 nitrogen and oxygen atoms in total. The third-order valence-corrected chi connectivity index (χ3v) is 16.1. The maximum Gasteiger partial charge on any atom is 0.244 e. The molecule has 78 heavy (non-hydrogen) atoms. The summed E-state index contributed by atoms with van der Waals surface area (Å²) < 4.78 is 5.51. The monoisotopic (exact) mass is 1030 g/mol. The van der Waals surface area contributed by atoms with Gasteiger partial charge in [0.1, 0.15) is 22.0 Å². The Balaban J connectivity index is 0.000000133. The zero-order chi connectivity index (χ0) is 55.3. The van der Waals surface area contributed by atoms with Crippen LogP contribution < -0.4 is 15.1 Å². The zero-order valence-corrected chi connectivity index (χ0v) is 43.9. The Kier molecular flexibility index (Phi) is 13.0. The lowest BCUT2D eigenvalue weighted by Gasteiger charge is -2.48. The van der Waals surface area contributed by atoms with Crippen molar-refractivity contribution in [2.24, 2.45) is 10.8 Å². The lowest BCUT2D eigenvalue weighted by Crippen LogP contribution is -2.56. The van der Waals surface area contributed by atoms with Crippen molar-refractivity contribution in [2.45, 2.75) is 69.6 Å². The van der Waals surface area contributed by atoms with Crippen LogP contribution in [-0.4, -0.2) is 74.5 Å². The van der Waals surface area contributed by atoms with Crippen LogP contribution in [0.4, 0.5) is 11.4 Å². The molecule has 388 valence electrons. The Morgan fingerprint density at radius 2 is 0.987 bits per heavy atom. The summed E-state index contributed by atoms with van der Waals surface area (Å²) in [6, 6.07) is 32.1. The van der Waals surface area contributed by atoms with Crippen LogP contribution >= 0.6 is 0 Å². The van der Waals surface area contributed by atoms with E-state index < -0.39 is 27.1 Å². The first-order valence-corrected chi connectivity index (χ1v) is 25.4. The maximum atomic E-state index is 13.9. The van der Waals surface area contributed by atoms with Crippen molar-refractivity contribution in [1.29, 1.82) is 0 Å². The molecule has 0 bridgehead atoms. The normalized spacial score (nSPS) is 24.1. The first kappa shape index (κ1) is 51.9. The van der Waals surface area contributed by atoms with E-state index >= 15 is 0 Å². The molecule has 0 radical (unpaired) electrons. The van der Waals surface area contributed by atoms with Crippen molar-refractivity contribution >= 4 is 40.7 Å². The van der Waals surface area contributed by atoms with Crippen LogP contribution in [0.3, 0.4) is 0 Å². The summed E-state index contributed by atoms with van der Waals surface area (Å²) in [7, 11) is 0. The number of hydrogen-bond acceptors (Lipinski definition) is 11. The van der Waals surface area contributed by atoms with Crippen molar-refractivity contribution in [1.82, 2.24) is 30.9 Å². The molecule has 3 amide bonds. The molecule has 0 fully saturated rings. The number of Topliss-reactive ketones (excluding diaryl/α,β-unsaturated/α-hetero) is 2. The predicted octanol–water partition coefficient (Wildman–Crippen LogP) is 8.70. The van der Waals surface area contributed by atoms with Crippen LogP contribution in [0.1, 0.15) is 69.6 Å². The maximum absolute atomic E-state index is 13.9. The van der Waals surface area contributed by atoms with Crippen molar-refractivity contribution in [3.63, 3.8) is 0 Å². The van der Waals surface area contributed by atoms with Gasteiger partial charge in [-0.1, -0.05) is 154 Å². The minimum atomic E-state index is -1.21. The molecule has 1 unspecified atom stereocenters. The lowest BCUT2D eigenvalue weighted by atomic mass is 9.56. The second-order valence-electron chi connectivity index (χ2n) is 21.4. The molecule has 0 saturated carbocycles. The SMILES string of the molecule is CC1(C)C2=CCNC(=O)C2(c2ccccc2)Cc2cnoc21.[C-]#[N+]C1=C[C@@]2(c3ccccc3)C(=O)N(c3ccnnc3)CC=C2C(C)(C)C1=O.[C-]#[N+]C1=C[C@]2(c3ccccc3)C(=O)N(c3ccnnc3)CC=C2C(C)(C)C1=O. The molecular weight excluding hydrogens is 981 g/mol. The largest absolute Gasteiger partial charge is 0.360 e. The zero-order valence-electron chi connectivity index (χ0n) is 43.9. The summed E-state index contributed by atoms with van der Waals surface area (Å²) in [5.74, 6) is 0.0206. The van der Waals surface area contributed by atoms with Gasteiger partial charge in [-0.2, -0.15) is 20.4 Å². The van der Waals surface area contributed by atoms with Crippen LogP contribution in [0.15, 0.2) is 197 Å². The molecule has 16 heteroatoms. The molecule has 6 heterocycles. The molecule has 3 aromatic heterocycles. The molecule has 12 rings (SSSR count). The summed E-state index contributed by atoms with van der Waals surface area (Å²) in [6.07, 6.45) is 17.6. The van der Waals surface area contributed by atoms with Crippen LogP contribution in [-0.2, 0) is 52.1 Å². The van der Waals surface area contributed by atoms with Crippen molar-refractivity contribution in [2.75, 3.05) is 29.4 Å². The fraction of sp³-hybridized carbons (Fsp3) is 0.258. The van der Waals surface area contributed by atoms with Gasteiger partial charge in [-0.15, -0.1) is 0 Å². The first-order chi connectivity index (χ1) is 37.4. The number of rotatable bonds is 5. The average Bonchev–Trinajstić information content (AvgIpc) is 3.46. The van der Waals surface area contributed by atoms with Crippen LogP contribution in [0.2, 0.25) is 0 Å². The van der Waals surface area contributed by atoms with E-state index in [0.29, 0.717) is 48.6 Å². The minimum absolute atomic E-state index is 0.00550. The quantitative estimate of drug-likeness (QED) is 0.128. The van der Waals surface area contributed by atoms with Crippen molar-refractivity contribution in [3.05, 3.63) is 243 Å². The summed E-state index contributed by atoms with van der Waals surface area (Å²) >= 11 is 0. The molecule has 3 aliphatic carbocycles. The predicted molar refractivity (Wildman–Crippen MR) is 291 cm³/mol. The smallest absolute Gasteiger partial charge is 0.244 e. The summed E-state index contributed by atoms with van der Waals surface area (Å²) in [4.78, 5) is 76.8. The third kappa shape index (κ3) is 7.93. The number of nitrogens with one attached hydrogen (secondary N) is 1. The number of allylic oxidation sites excluding steroid dienone is 2. The Labute approximate surface area is 451 Å². The standard InChI is InChI=1S/2C22H18N4O2.C18H18N2O2/c2*1-21(2)18-10-12-26(16-9-11-24-25-14-16)20(28)22(18,13-17(23-3)19(21)27)15-7-5-4-6-8-15;1-17(2)14-8-9-19-16(21)18(14,13-6-4-3-5-7-13)10-12-11-20-22-15(12)17/h2*4-11,13-14H,12H2,1-2H3;3-8,11H,9-10H2,1-2H3,(H,19,21)/t2*22-;/m10./s1. The highest BCUT2D eigenvalue weighted by atomic mass is 16.5. The molecule has 0 saturated heterocycles. The number of fused-ring (bicyclic) bond motifs is 4. The van der Waals surface area contributed by atoms with E-state index in [1.54, 1.807) is 55.8 Å². The molecule has 6 aromatic rings. The topological polar surface area (TPSA) is 190 Å². The van der Waals surface area contributed by atoms with Crippen LogP contribution in [0, 0.1) is 24.0 Å². The Bertz CT molecular complexity index is 3490. The van der Waals surface area contributed by atoms with E-state index in [9.17, 15) is 24.0 Å². The molecule has 3 aliphatic heterocycles. The van der Waals surface area contributed by atoms with Gasteiger partial charge in [-0.3, -0.25) is 14.4 Å². The number of nitrogens with zero attached hydrogens (tertiary/aromatic N) is 9.